The van der Waals surface area contributed by atoms with Gasteiger partial charge in [0.15, 0.2) is 11.9 Å². The Kier molecular flexibility index (Phi) is 4.02. The summed E-state index contributed by atoms with van der Waals surface area (Å²) >= 11 is 5.74. The van der Waals surface area contributed by atoms with E-state index in [1.807, 2.05) is 6.92 Å². The molecule has 1 saturated carbocycles. The Morgan fingerprint density at radius 3 is 2.56 bits per heavy atom. The third-order valence-corrected chi connectivity index (χ3v) is 3.41. The van der Waals surface area contributed by atoms with Gasteiger partial charge in [-0.15, -0.1) is 0 Å². The highest BCUT2D eigenvalue weighted by atomic mass is 35.5. The third-order valence-electron chi connectivity index (χ3n) is 3.16. The van der Waals surface area contributed by atoms with Crippen LogP contribution in [0.5, 0.6) is 0 Å². The van der Waals surface area contributed by atoms with Crippen LogP contribution in [0.25, 0.3) is 0 Å². The lowest BCUT2D eigenvalue weighted by molar-refractivity contribution is -0.131. The Morgan fingerprint density at radius 2 is 1.94 bits per heavy atom. The fourth-order valence-corrected chi connectivity index (χ4v) is 2.21. The summed E-state index contributed by atoms with van der Waals surface area (Å²) in [6, 6.07) is 6.45. The number of benzene rings is 1. The van der Waals surface area contributed by atoms with E-state index in [0.717, 1.165) is 6.42 Å². The maximum Gasteiger partial charge on any atom is 0.338 e. The second kappa shape index (κ2) is 5.53. The first-order valence-corrected chi connectivity index (χ1v) is 6.43. The quantitative estimate of drug-likeness (QED) is 0.772. The van der Waals surface area contributed by atoms with Gasteiger partial charge in [-0.2, -0.15) is 0 Å². The van der Waals surface area contributed by atoms with Crippen LogP contribution >= 0.6 is 11.6 Å². The Morgan fingerprint density at radius 1 is 1.28 bits per heavy atom. The lowest BCUT2D eigenvalue weighted by Gasteiger charge is -2.24. The highest BCUT2D eigenvalue weighted by molar-refractivity contribution is 6.30. The Labute approximate surface area is 111 Å². The molecule has 1 aliphatic rings. The van der Waals surface area contributed by atoms with E-state index in [0.29, 0.717) is 29.3 Å². The Hall–Kier alpha value is -1.35. The minimum atomic E-state index is -0.579. The van der Waals surface area contributed by atoms with Crippen molar-refractivity contribution in [1.82, 2.24) is 0 Å². The van der Waals surface area contributed by atoms with E-state index in [2.05, 4.69) is 0 Å². The number of ether oxygens (including phenoxy) is 1. The fraction of sp³-hybridized carbons (Fsp3) is 0.429. The van der Waals surface area contributed by atoms with Crippen molar-refractivity contribution in [3.05, 3.63) is 34.9 Å². The molecule has 2 atom stereocenters. The van der Waals surface area contributed by atoms with Crippen LogP contribution in [0.15, 0.2) is 24.3 Å². The topological polar surface area (TPSA) is 43.4 Å². The van der Waals surface area contributed by atoms with Crippen LogP contribution in [0.2, 0.25) is 5.02 Å². The molecule has 0 N–H and O–H groups in total. The zero-order valence-corrected chi connectivity index (χ0v) is 10.9. The van der Waals surface area contributed by atoms with Crippen LogP contribution in [0.3, 0.4) is 0 Å². The van der Waals surface area contributed by atoms with Gasteiger partial charge in [0.1, 0.15) is 0 Å². The lowest BCUT2D eigenvalue weighted by atomic mass is 9.88. The van der Waals surface area contributed by atoms with Crippen molar-refractivity contribution in [3.63, 3.8) is 0 Å². The lowest BCUT2D eigenvalue weighted by Crippen LogP contribution is -2.32. The molecule has 0 unspecified atom stereocenters. The molecule has 3 nitrogen and oxygen atoms in total. The van der Waals surface area contributed by atoms with E-state index < -0.39 is 12.1 Å². The van der Waals surface area contributed by atoms with Crippen molar-refractivity contribution in [1.29, 1.82) is 0 Å². The number of carbonyl (C=O) groups excluding carboxylic acids is 2. The highest BCUT2D eigenvalue weighted by Gasteiger charge is 2.29. The molecule has 0 aromatic heterocycles. The van der Waals surface area contributed by atoms with Gasteiger partial charge < -0.3 is 4.74 Å². The van der Waals surface area contributed by atoms with Gasteiger partial charge >= 0.3 is 5.97 Å². The van der Waals surface area contributed by atoms with Crippen LogP contribution in [0, 0.1) is 5.92 Å². The summed E-state index contributed by atoms with van der Waals surface area (Å²) in [7, 11) is 0. The molecule has 0 amide bonds. The molecule has 96 valence electrons. The largest absolute Gasteiger partial charge is 0.451 e. The van der Waals surface area contributed by atoms with Crippen molar-refractivity contribution in [2.45, 2.75) is 32.3 Å². The molecule has 18 heavy (non-hydrogen) atoms. The third kappa shape index (κ3) is 3.10. The van der Waals surface area contributed by atoms with Crippen molar-refractivity contribution in [2.75, 3.05) is 0 Å². The predicted octanol–water partition coefficient (Wildman–Crippen LogP) is 3.25. The normalized spacial score (nSPS) is 23.8. The second-order valence-corrected chi connectivity index (χ2v) is 5.19. The number of hydrogen-bond acceptors (Lipinski definition) is 3. The monoisotopic (exact) mass is 266 g/mol. The molecule has 0 aliphatic heterocycles. The first kappa shape index (κ1) is 13.1. The minimum Gasteiger partial charge on any atom is -0.451 e. The van der Waals surface area contributed by atoms with Crippen molar-refractivity contribution in [2.24, 2.45) is 5.92 Å². The van der Waals surface area contributed by atoms with Crippen LogP contribution in [0.4, 0.5) is 0 Å². The SMILES string of the molecule is C[C@H]1CC[C@H](OC(=O)c2ccc(Cl)cc2)C(=O)C1. The maximum absolute atomic E-state index is 11.8. The number of halogens is 1. The molecule has 1 aromatic carbocycles. The van der Waals surface area contributed by atoms with E-state index in [1.165, 1.54) is 0 Å². The standard InChI is InChI=1S/C14H15ClO3/c1-9-2-7-13(12(16)8-9)18-14(17)10-3-5-11(15)6-4-10/h3-6,9,13H,2,7-8H2,1H3/t9-,13-/m0/s1. The van der Waals surface area contributed by atoms with E-state index >= 15 is 0 Å². The van der Waals surface area contributed by atoms with E-state index in [9.17, 15) is 9.59 Å². The summed E-state index contributed by atoms with van der Waals surface area (Å²) in [6.45, 7) is 2.04. The minimum absolute atomic E-state index is 0.0241. The van der Waals surface area contributed by atoms with Crippen LogP contribution in [-0.2, 0) is 9.53 Å². The molecule has 0 radical (unpaired) electrons. The van der Waals surface area contributed by atoms with Crippen molar-refractivity contribution < 1.29 is 14.3 Å². The molecule has 4 heteroatoms. The smallest absolute Gasteiger partial charge is 0.338 e. The Balaban J connectivity index is 1.99. The average Bonchev–Trinajstić information content (AvgIpc) is 2.33. The second-order valence-electron chi connectivity index (χ2n) is 4.75. The number of rotatable bonds is 2. The molecule has 0 spiro atoms. The summed E-state index contributed by atoms with van der Waals surface area (Å²) in [4.78, 5) is 23.6. The number of carbonyl (C=O) groups is 2. The van der Waals surface area contributed by atoms with Gasteiger partial charge in [-0.3, -0.25) is 4.79 Å². The number of ketones is 1. The fourth-order valence-electron chi connectivity index (χ4n) is 2.08. The zero-order chi connectivity index (χ0) is 13.1. The molecule has 1 aliphatic carbocycles. The van der Waals surface area contributed by atoms with Gasteiger partial charge in [-0.25, -0.2) is 4.79 Å². The first-order chi connectivity index (χ1) is 8.56. The molecule has 1 aromatic rings. The average molecular weight is 267 g/mol. The molecule has 0 heterocycles. The summed E-state index contributed by atoms with van der Waals surface area (Å²) in [5.41, 5.74) is 0.422. The van der Waals surface area contributed by atoms with Crippen LogP contribution in [0.1, 0.15) is 36.5 Å². The summed E-state index contributed by atoms with van der Waals surface area (Å²) in [6.07, 6.45) is 1.46. The van der Waals surface area contributed by atoms with Crippen LogP contribution in [-0.4, -0.2) is 17.9 Å². The van der Waals surface area contributed by atoms with E-state index in [-0.39, 0.29) is 5.78 Å². The van der Waals surface area contributed by atoms with Crippen LogP contribution < -0.4 is 0 Å². The molecule has 0 saturated heterocycles. The molecular weight excluding hydrogens is 252 g/mol. The number of hydrogen-bond donors (Lipinski definition) is 0. The van der Waals surface area contributed by atoms with Gasteiger partial charge in [0.05, 0.1) is 5.56 Å². The first-order valence-electron chi connectivity index (χ1n) is 6.05. The molecule has 1 fully saturated rings. The van der Waals surface area contributed by atoms with Gasteiger partial charge in [0.25, 0.3) is 0 Å². The van der Waals surface area contributed by atoms with Crippen molar-refractivity contribution >= 4 is 23.4 Å². The van der Waals surface area contributed by atoms with Gasteiger partial charge in [0.2, 0.25) is 0 Å². The van der Waals surface area contributed by atoms with E-state index in [1.54, 1.807) is 24.3 Å². The number of Topliss-reactive ketones (excluding diaryl/α,β-unsaturated/α-hetero) is 1. The molecule has 0 bridgehead atoms. The molecule has 2 rings (SSSR count). The molecular formula is C14H15ClO3. The summed E-state index contributed by atoms with van der Waals surface area (Å²) in [5.74, 6) is -0.0429. The highest BCUT2D eigenvalue weighted by Crippen LogP contribution is 2.23. The predicted molar refractivity (Wildman–Crippen MR) is 68.7 cm³/mol. The zero-order valence-electron chi connectivity index (χ0n) is 10.2. The van der Waals surface area contributed by atoms with Gasteiger partial charge in [-0.1, -0.05) is 18.5 Å². The van der Waals surface area contributed by atoms with E-state index in [4.69, 9.17) is 16.3 Å². The van der Waals surface area contributed by atoms with Gasteiger partial charge in [-0.05, 0) is 43.0 Å². The van der Waals surface area contributed by atoms with Gasteiger partial charge in [0, 0.05) is 11.4 Å². The van der Waals surface area contributed by atoms with Crippen molar-refractivity contribution in [3.8, 4) is 0 Å². The maximum atomic E-state index is 11.8. The summed E-state index contributed by atoms with van der Waals surface area (Å²) < 4.78 is 5.25. The number of esters is 1. The summed E-state index contributed by atoms with van der Waals surface area (Å²) in [5, 5.41) is 0.564. The Bertz CT molecular complexity index is 453.